The molecule has 1 aliphatic heterocycles. The van der Waals surface area contributed by atoms with E-state index in [0.29, 0.717) is 5.92 Å². The number of thiophene rings is 1. The maximum Gasteiger partial charge on any atom is 0.229 e. The fourth-order valence-corrected chi connectivity index (χ4v) is 3.76. The second-order valence-electron chi connectivity index (χ2n) is 5.88. The lowest BCUT2D eigenvalue weighted by molar-refractivity contribution is -0.133. The number of aromatic amines is 1. The number of aromatic nitrogens is 2. The molecule has 1 fully saturated rings. The summed E-state index contributed by atoms with van der Waals surface area (Å²) in [5.41, 5.74) is 3.30. The molecule has 1 saturated heterocycles. The Morgan fingerprint density at radius 3 is 3.10 bits per heavy atom. The Balaban J connectivity index is 1.69. The largest absolute Gasteiger partial charge is 0.342 e. The van der Waals surface area contributed by atoms with Crippen LogP contribution in [0.25, 0.3) is 0 Å². The van der Waals surface area contributed by atoms with Crippen molar-refractivity contribution >= 4 is 17.2 Å². The summed E-state index contributed by atoms with van der Waals surface area (Å²) in [7, 11) is 0. The van der Waals surface area contributed by atoms with Gasteiger partial charge in [-0.05, 0) is 55.1 Å². The van der Waals surface area contributed by atoms with Crippen LogP contribution in [0, 0.1) is 6.92 Å². The second-order valence-corrected chi connectivity index (χ2v) is 6.66. The van der Waals surface area contributed by atoms with Gasteiger partial charge in [-0.25, -0.2) is 0 Å². The fourth-order valence-electron chi connectivity index (χ4n) is 3.00. The lowest BCUT2D eigenvalue weighted by Gasteiger charge is -2.33. The van der Waals surface area contributed by atoms with Crippen molar-refractivity contribution in [3.8, 4) is 0 Å². The van der Waals surface area contributed by atoms with E-state index in [1.807, 2.05) is 30.2 Å². The normalized spacial score (nSPS) is 20.5. The molecule has 1 aliphatic rings. The van der Waals surface area contributed by atoms with Crippen molar-refractivity contribution in [2.24, 2.45) is 0 Å². The van der Waals surface area contributed by atoms with Crippen molar-refractivity contribution < 1.29 is 4.79 Å². The third kappa shape index (κ3) is 3.02. The number of rotatable bonds is 3. The van der Waals surface area contributed by atoms with Crippen LogP contribution in [0.15, 0.2) is 22.9 Å². The van der Waals surface area contributed by atoms with Crippen LogP contribution in [0.1, 0.15) is 48.6 Å². The summed E-state index contributed by atoms with van der Waals surface area (Å²) < 4.78 is 0. The number of aryl methyl sites for hydroxylation is 1. The predicted molar refractivity (Wildman–Crippen MR) is 84.6 cm³/mol. The van der Waals surface area contributed by atoms with Crippen molar-refractivity contribution in [2.45, 2.75) is 38.5 Å². The van der Waals surface area contributed by atoms with Crippen molar-refractivity contribution in [1.29, 1.82) is 0 Å². The van der Waals surface area contributed by atoms with Gasteiger partial charge < -0.3 is 4.90 Å². The molecule has 1 amide bonds. The van der Waals surface area contributed by atoms with Crippen molar-refractivity contribution in [1.82, 2.24) is 15.1 Å². The molecule has 0 saturated carbocycles. The Bertz CT molecular complexity index is 605. The molecule has 2 aromatic heterocycles. The summed E-state index contributed by atoms with van der Waals surface area (Å²) in [4.78, 5) is 14.7. The van der Waals surface area contributed by atoms with E-state index >= 15 is 0 Å². The second kappa shape index (κ2) is 6.02. The zero-order valence-electron chi connectivity index (χ0n) is 12.5. The van der Waals surface area contributed by atoms with E-state index in [4.69, 9.17) is 0 Å². The van der Waals surface area contributed by atoms with Crippen LogP contribution in [0.3, 0.4) is 0 Å². The molecule has 112 valence electrons. The van der Waals surface area contributed by atoms with Crippen LogP contribution in [-0.2, 0) is 4.79 Å². The highest BCUT2D eigenvalue weighted by molar-refractivity contribution is 7.08. The number of piperidine rings is 1. The number of amides is 1. The van der Waals surface area contributed by atoms with Crippen molar-refractivity contribution in [3.63, 3.8) is 0 Å². The first-order valence-corrected chi connectivity index (χ1v) is 8.42. The van der Waals surface area contributed by atoms with E-state index in [0.717, 1.165) is 42.9 Å². The van der Waals surface area contributed by atoms with E-state index in [1.165, 1.54) is 0 Å². The molecule has 3 rings (SSSR count). The molecule has 1 N–H and O–H groups in total. The molecule has 0 bridgehead atoms. The molecule has 21 heavy (non-hydrogen) atoms. The lowest BCUT2D eigenvalue weighted by Crippen LogP contribution is -2.41. The summed E-state index contributed by atoms with van der Waals surface area (Å²) in [5.74, 6) is 0.559. The Labute approximate surface area is 129 Å². The predicted octanol–water partition coefficient (Wildman–Crippen LogP) is 3.29. The summed E-state index contributed by atoms with van der Waals surface area (Å²) in [5, 5.41) is 11.5. The Hall–Kier alpha value is -1.62. The molecule has 2 atom stereocenters. The van der Waals surface area contributed by atoms with Gasteiger partial charge in [0.05, 0.1) is 11.6 Å². The third-order valence-electron chi connectivity index (χ3n) is 4.29. The summed E-state index contributed by atoms with van der Waals surface area (Å²) in [6.45, 7) is 5.68. The highest BCUT2D eigenvalue weighted by Gasteiger charge is 2.29. The van der Waals surface area contributed by atoms with Crippen molar-refractivity contribution in [2.75, 3.05) is 13.1 Å². The van der Waals surface area contributed by atoms with E-state index in [-0.39, 0.29) is 11.8 Å². The van der Waals surface area contributed by atoms with Crippen LogP contribution in [0.5, 0.6) is 0 Å². The molecule has 0 spiro atoms. The molecular formula is C16H21N3OS. The van der Waals surface area contributed by atoms with Gasteiger partial charge >= 0.3 is 0 Å². The minimum Gasteiger partial charge on any atom is -0.342 e. The van der Waals surface area contributed by atoms with Crippen LogP contribution < -0.4 is 0 Å². The molecule has 3 heterocycles. The van der Waals surface area contributed by atoms with Crippen LogP contribution in [-0.4, -0.2) is 34.1 Å². The van der Waals surface area contributed by atoms with E-state index in [2.05, 4.69) is 21.6 Å². The van der Waals surface area contributed by atoms with Crippen molar-refractivity contribution in [3.05, 3.63) is 39.8 Å². The van der Waals surface area contributed by atoms with E-state index in [1.54, 1.807) is 11.3 Å². The van der Waals surface area contributed by atoms with E-state index < -0.39 is 0 Å². The molecule has 0 aliphatic carbocycles. The Kier molecular flexibility index (Phi) is 4.10. The molecule has 2 unspecified atom stereocenters. The molecular weight excluding hydrogens is 282 g/mol. The third-order valence-corrected chi connectivity index (χ3v) is 4.99. The highest BCUT2D eigenvalue weighted by Crippen LogP contribution is 2.28. The van der Waals surface area contributed by atoms with Gasteiger partial charge in [-0.15, -0.1) is 0 Å². The van der Waals surface area contributed by atoms with Gasteiger partial charge in [-0.2, -0.15) is 16.4 Å². The van der Waals surface area contributed by atoms with Gasteiger partial charge in [0.2, 0.25) is 5.91 Å². The average Bonchev–Trinajstić information content (AvgIpc) is 3.17. The standard InChI is InChI=1S/C16H21N3OS/c1-11-8-15(18-17-11)13-4-3-6-19(9-13)16(20)12(2)14-5-7-21-10-14/h5,7-8,10,12-13H,3-4,6,9H2,1-2H3,(H,17,18). The van der Waals surface area contributed by atoms with Gasteiger partial charge in [0, 0.05) is 24.7 Å². The minimum atomic E-state index is -0.0454. The average molecular weight is 303 g/mol. The zero-order valence-corrected chi connectivity index (χ0v) is 13.3. The maximum atomic E-state index is 12.7. The van der Waals surface area contributed by atoms with Crippen LogP contribution in [0.4, 0.5) is 0 Å². The lowest BCUT2D eigenvalue weighted by atomic mass is 9.93. The Morgan fingerprint density at radius 1 is 1.57 bits per heavy atom. The smallest absolute Gasteiger partial charge is 0.229 e. The van der Waals surface area contributed by atoms with Crippen LogP contribution in [0.2, 0.25) is 0 Å². The number of nitrogens with one attached hydrogen (secondary N) is 1. The fraction of sp³-hybridized carbons (Fsp3) is 0.500. The number of nitrogens with zero attached hydrogens (tertiary/aromatic N) is 2. The SMILES string of the molecule is Cc1cc(C2CCCN(C(=O)C(C)c3ccsc3)C2)n[nH]1. The quantitative estimate of drug-likeness (QED) is 0.946. The minimum absolute atomic E-state index is 0.0454. The van der Waals surface area contributed by atoms with Gasteiger partial charge in [0.1, 0.15) is 0 Å². The topological polar surface area (TPSA) is 49.0 Å². The zero-order chi connectivity index (χ0) is 14.8. The van der Waals surface area contributed by atoms with Gasteiger partial charge in [-0.3, -0.25) is 9.89 Å². The van der Waals surface area contributed by atoms with Crippen LogP contribution >= 0.6 is 11.3 Å². The van der Waals surface area contributed by atoms with Gasteiger partial charge in [0.15, 0.2) is 0 Å². The maximum absolute atomic E-state index is 12.7. The first kappa shape index (κ1) is 14.3. The first-order valence-electron chi connectivity index (χ1n) is 7.48. The highest BCUT2D eigenvalue weighted by atomic mass is 32.1. The molecule has 5 heteroatoms. The molecule has 2 aromatic rings. The van der Waals surface area contributed by atoms with Gasteiger partial charge in [0.25, 0.3) is 0 Å². The molecule has 0 radical (unpaired) electrons. The number of hydrogen-bond donors (Lipinski definition) is 1. The number of H-pyrrole nitrogens is 1. The number of likely N-dealkylation sites (tertiary alicyclic amines) is 1. The van der Waals surface area contributed by atoms with E-state index in [9.17, 15) is 4.79 Å². The summed E-state index contributed by atoms with van der Waals surface area (Å²) >= 11 is 1.65. The molecule has 0 aromatic carbocycles. The summed E-state index contributed by atoms with van der Waals surface area (Å²) in [6.07, 6.45) is 2.17. The number of carbonyl (C=O) groups excluding carboxylic acids is 1. The number of carbonyl (C=O) groups is 1. The number of hydrogen-bond acceptors (Lipinski definition) is 3. The first-order chi connectivity index (χ1) is 10.1. The Morgan fingerprint density at radius 2 is 2.43 bits per heavy atom. The summed E-state index contributed by atoms with van der Waals surface area (Å²) in [6, 6.07) is 4.15. The monoisotopic (exact) mass is 303 g/mol. The van der Waals surface area contributed by atoms with Gasteiger partial charge in [-0.1, -0.05) is 0 Å². The molecule has 4 nitrogen and oxygen atoms in total.